The van der Waals surface area contributed by atoms with Crippen molar-refractivity contribution in [1.29, 1.82) is 0 Å². The summed E-state index contributed by atoms with van der Waals surface area (Å²) in [7, 11) is 0. The zero-order valence-corrected chi connectivity index (χ0v) is 11.9. The molecule has 4 heteroatoms. The van der Waals surface area contributed by atoms with E-state index in [1.54, 1.807) is 11.8 Å². The van der Waals surface area contributed by atoms with Crippen molar-refractivity contribution in [2.75, 3.05) is 5.73 Å². The molecular weight excluding hydrogens is 296 g/mol. The van der Waals surface area contributed by atoms with Crippen LogP contribution in [-0.2, 0) is 5.75 Å². The average Bonchev–Trinajstić information content (AvgIpc) is 2.30. The van der Waals surface area contributed by atoms with Crippen molar-refractivity contribution in [2.45, 2.75) is 17.6 Å². The van der Waals surface area contributed by atoms with Gasteiger partial charge in [0.1, 0.15) is 0 Å². The molecule has 0 saturated carbocycles. The monoisotopic (exact) mass is 308 g/mol. The van der Waals surface area contributed by atoms with E-state index >= 15 is 0 Å². The number of hydrogen-bond donors (Lipinski definition) is 1. The van der Waals surface area contributed by atoms with Crippen LogP contribution >= 0.6 is 27.7 Å². The molecule has 2 rings (SSSR count). The minimum Gasteiger partial charge on any atom is -0.398 e. The molecule has 0 atom stereocenters. The van der Waals surface area contributed by atoms with Crippen LogP contribution < -0.4 is 5.73 Å². The second-order valence-electron chi connectivity index (χ2n) is 3.74. The molecule has 0 aliphatic rings. The lowest BCUT2D eigenvalue weighted by molar-refractivity contribution is 1.11. The van der Waals surface area contributed by atoms with E-state index in [4.69, 9.17) is 5.73 Å². The van der Waals surface area contributed by atoms with Crippen LogP contribution in [0.25, 0.3) is 0 Å². The van der Waals surface area contributed by atoms with Crippen LogP contribution in [0.2, 0.25) is 0 Å². The van der Waals surface area contributed by atoms with Gasteiger partial charge in [-0.2, -0.15) is 0 Å². The summed E-state index contributed by atoms with van der Waals surface area (Å²) in [5, 5.41) is 0. The topological polar surface area (TPSA) is 38.9 Å². The smallest absolute Gasteiger partial charge is 0.0509 e. The van der Waals surface area contributed by atoms with Gasteiger partial charge in [-0.25, -0.2) is 0 Å². The Morgan fingerprint density at radius 2 is 2.12 bits per heavy atom. The fraction of sp³-hybridized carbons (Fsp3) is 0.154. The van der Waals surface area contributed by atoms with Crippen LogP contribution in [0.4, 0.5) is 5.69 Å². The molecule has 0 amide bonds. The minimum absolute atomic E-state index is 0.811. The zero-order chi connectivity index (χ0) is 12.3. The summed E-state index contributed by atoms with van der Waals surface area (Å²) in [6.07, 6.45) is 0. The van der Waals surface area contributed by atoms with Crippen molar-refractivity contribution >= 4 is 33.4 Å². The van der Waals surface area contributed by atoms with E-state index in [1.807, 2.05) is 43.3 Å². The molecule has 0 saturated heterocycles. The quantitative estimate of drug-likeness (QED) is 0.687. The molecule has 2 aromatic rings. The second kappa shape index (κ2) is 5.56. The maximum Gasteiger partial charge on any atom is 0.0509 e. The first-order valence-corrected chi connectivity index (χ1v) is 7.03. The number of rotatable bonds is 3. The van der Waals surface area contributed by atoms with Crippen LogP contribution in [-0.4, -0.2) is 4.98 Å². The Kier molecular flexibility index (Phi) is 4.07. The Hall–Kier alpha value is -1.00. The number of pyridine rings is 1. The molecule has 2 nitrogen and oxygen atoms in total. The molecule has 1 aromatic heterocycles. The van der Waals surface area contributed by atoms with Crippen molar-refractivity contribution < 1.29 is 0 Å². The van der Waals surface area contributed by atoms with Crippen molar-refractivity contribution in [3.63, 3.8) is 0 Å². The van der Waals surface area contributed by atoms with Gasteiger partial charge in [-0.15, -0.1) is 11.8 Å². The third kappa shape index (κ3) is 3.48. The first-order valence-electron chi connectivity index (χ1n) is 5.25. The van der Waals surface area contributed by atoms with Crippen LogP contribution in [0, 0.1) is 6.92 Å². The third-order valence-electron chi connectivity index (χ3n) is 2.30. The van der Waals surface area contributed by atoms with Gasteiger partial charge in [-0.1, -0.05) is 22.0 Å². The van der Waals surface area contributed by atoms with Gasteiger partial charge in [0.05, 0.1) is 5.69 Å². The van der Waals surface area contributed by atoms with Gasteiger partial charge in [-0.3, -0.25) is 4.98 Å². The van der Waals surface area contributed by atoms with Crippen molar-refractivity contribution in [3.8, 4) is 0 Å². The van der Waals surface area contributed by atoms with E-state index < -0.39 is 0 Å². The number of thioether (sulfide) groups is 1. The Morgan fingerprint density at radius 1 is 1.29 bits per heavy atom. The lowest BCUT2D eigenvalue weighted by Gasteiger charge is -2.06. The SMILES string of the molecule is Cc1cccc(CSc2cc(Br)ccc2N)n1. The van der Waals surface area contributed by atoms with Gasteiger partial charge in [-0.05, 0) is 37.3 Å². The van der Waals surface area contributed by atoms with E-state index in [-0.39, 0.29) is 0 Å². The number of hydrogen-bond acceptors (Lipinski definition) is 3. The number of nitrogens with two attached hydrogens (primary N) is 1. The number of aryl methyl sites for hydroxylation is 1. The van der Waals surface area contributed by atoms with E-state index in [0.717, 1.165) is 32.2 Å². The molecule has 0 radical (unpaired) electrons. The summed E-state index contributed by atoms with van der Waals surface area (Å²) in [6, 6.07) is 12.0. The summed E-state index contributed by atoms with van der Waals surface area (Å²) in [5.41, 5.74) is 8.86. The first kappa shape index (κ1) is 12.5. The maximum atomic E-state index is 5.92. The summed E-state index contributed by atoms with van der Waals surface area (Å²) in [4.78, 5) is 5.55. The van der Waals surface area contributed by atoms with Gasteiger partial charge < -0.3 is 5.73 Å². The first-order chi connectivity index (χ1) is 8.15. The highest BCUT2D eigenvalue weighted by molar-refractivity contribution is 9.10. The summed E-state index contributed by atoms with van der Waals surface area (Å²) in [5.74, 6) is 0.836. The highest BCUT2D eigenvalue weighted by Gasteiger charge is 2.02. The lowest BCUT2D eigenvalue weighted by atomic mass is 10.3. The van der Waals surface area contributed by atoms with E-state index in [9.17, 15) is 0 Å². The molecule has 2 N–H and O–H groups in total. The number of anilines is 1. The molecule has 0 spiro atoms. The van der Waals surface area contributed by atoms with Gasteiger partial charge in [0.15, 0.2) is 0 Å². The molecule has 0 fully saturated rings. The average molecular weight is 309 g/mol. The molecule has 0 aliphatic heterocycles. The van der Waals surface area contributed by atoms with Crippen LogP contribution in [0.3, 0.4) is 0 Å². The molecule has 0 unspecified atom stereocenters. The number of nitrogens with zero attached hydrogens (tertiary/aromatic N) is 1. The molecule has 88 valence electrons. The highest BCUT2D eigenvalue weighted by atomic mass is 79.9. The van der Waals surface area contributed by atoms with Gasteiger partial charge in [0.25, 0.3) is 0 Å². The Bertz CT molecular complexity index is 529. The maximum absolute atomic E-state index is 5.92. The van der Waals surface area contributed by atoms with Crippen LogP contribution in [0.15, 0.2) is 45.8 Å². The molecule has 1 heterocycles. The number of benzene rings is 1. The zero-order valence-electron chi connectivity index (χ0n) is 9.48. The van der Waals surface area contributed by atoms with E-state index in [2.05, 4.69) is 20.9 Å². The molecule has 0 bridgehead atoms. The minimum atomic E-state index is 0.811. The fourth-order valence-corrected chi connectivity index (χ4v) is 2.89. The summed E-state index contributed by atoms with van der Waals surface area (Å²) in [6.45, 7) is 2.00. The van der Waals surface area contributed by atoms with E-state index in [0.29, 0.717) is 0 Å². The highest BCUT2D eigenvalue weighted by Crippen LogP contribution is 2.30. The predicted octanol–water partition coefficient (Wildman–Crippen LogP) is 4.03. The predicted molar refractivity (Wildman–Crippen MR) is 77.1 cm³/mol. The molecule has 1 aromatic carbocycles. The summed E-state index contributed by atoms with van der Waals surface area (Å²) >= 11 is 5.16. The number of aromatic nitrogens is 1. The van der Waals surface area contributed by atoms with Gasteiger partial charge >= 0.3 is 0 Å². The summed E-state index contributed by atoms with van der Waals surface area (Å²) < 4.78 is 1.05. The second-order valence-corrected chi connectivity index (χ2v) is 5.67. The van der Waals surface area contributed by atoms with E-state index in [1.165, 1.54) is 0 Å². The van der Waals surface area contributed by atoms with Crippen molar-refractivity contribution in [1.82, 2.24) is 4.98 Å². The molecular formula is C13H13BrN2S. The molecule has 17 heavy (non-hydrogen) atoms. The van der Waals surface area contributed by atoms with Gasteiger partial charge in [0, 0.05) is 26.5 Å². The third-order valence-corrected chi connectivity index (χ3v) is 3.90. The normalized spacial score (nSPS) is 10.5. The Morgan fingerprint density at radius 3 is 2.88 bits per heavy atom. The van der Waals surface area contributed by atoms with Crippen molar-refractivity contribution in [3.05, 3.63) is 52.3 Å². The number of halogens is 1. The number of nitrogen functional groups attached to an aromatic ring is 1. The van der Waals surface area contributed by atoms with Gasteiger partial charge in [0.2, 0.25) is 0 Å². The molecule has 0 aliphatic carbocycles. The fourth-order valence-electron chi connectivity index (χ4n) is 1.46. The Balaban J connectivity index is 2.09. The largest absolute Gasteiger partial charge is 0.398 e. The standard InChI is InChI=1S/C13H13BrN2S/c1-9-3-2-4-11(16-9)8-17-13-7-10(14)5-6-12(13)15/h2-7H,8,15H2,1H3. The van der Waals surface area contributed by atoms with Crippen LogP contribution in [0.1, 0.15) is 11.4 Å². The van der Waals surface area contributed by atoms with Crippen molar-refractivity contribution in [2.24, 2.45) is 0 Å². The van der Waals surface area contributed by atoms with Crippen LogP contribution in [0.5, 0.6) is 0 Å². The Labute approximate surface area is 114 Å². The lowest BCUT2D eigenvalue weighted by Crippen LogP contribution is -1.91.